The van der Waals surface area contributed by atoms with Crippen LogP contribution in [0.5, 0.6) is 17.2 Å². The third-order valence-electron chi connectivity index (χ3n) is 5.30. The number of carbonyl (C=O) groups excluding carboxylic acids is 1. The molecule has 1 fully saturated rings. The first kappa shape index (κ1) is 20.1. The Bertz CT molecular complexity index is 1070. The van der Waals surface area contributed by atoms with Crippen LogP contribution in [0.1, 0.15) is 60.9 Å². The van der Waals surface area contributed by atoms with Crippen LogP contribution in [0, 0.1) is 5.92 Å². The summed E-state index contributed by atoms with van der Waals surface area (Å²) in [5, 5.41) is 7.79. The molecule has 30 heavy (non-hydrogen) atoms. The van der Waals surface area contributed by atoms with E-state index >= 15 is 0 Å². The number of aromatic nitrogens is 3. The highest BCUT2D eigenvalue weighted by molar-refractivity contribution is 6.02. The van der Waals surface area contributed by atoms with E-state index in [4.69, 9.17) is 18.7 Å². The van der Waals surface area contributed by atoms with Crippen molar-refractivity contribution in [3.05, 3.63) is 29.5 Å². The molecule has 0 aliphatic heterocycles. The van der Waals surface area contributed by atoms with Gasteiger partial charge in [-0.1, -0.05) is 19.0 Å². The van der Waals surface area contributed by atoms with Gasteiger partial charge in [0.25, 0.3) is 5.91 Å². The molecular formula is C21H26N4O5. The monoisotopic (exact) mass is 414 g/mol. The molecule has 0 radical (unpaired) electrons. The summed E-state index contributed by atoms with van der Waals surface area (Å²) >= 11 is 0. The molecule has 1 aromatic carbocycles. The van der Waals surface area contributed by atoms with Crippen molar-refractivity contribution in [1.29, 1.82) is 0 Å². The van der Waals surface area contributed by atoms with Crippen molar-refractivity contribution in [3.8, 4) is 17.2 Å². The first-order valence-electron chi connectivity index (χ1n) is 9.92. The molecule has 2 N–H and O–H groups in total. The molecule has 0 saturated heterocycles. The van der Waals surface area contributed by atoms with Gasteiger partial charge in [0.05, 0.1) is 26.8 Å². The van der Waals surface area contributed by atoms with Gasteiger partial charge in [0.1, 0.15) is 17.5 Å². The van der Waals surface area contributed by atoms with Crippen LogP contribution >= 0.6 is 0 Å². The number of nitrogens with zero attached hydrogens (tertiary/aromatic N) is 2. The number of hydrogen-bond acceptors (Lipinski definition) is 7. The number of nitrogens with one attached hydrogen (secondary N) is 2. The first-order valence-corrected chi connectivity index (χ1v) is 9.92. The van der Waals surface area contributed by atoms with Crippen molar-refractivity contribution >= 4 is 16.8 Å². The molecule has 1 aliphatic carbocycles. The predicted molar refractivity (Wildman–Crippen MR) is 109 cm³/mol. The van der Waals surface area contributed by atoms with E-state index in [1.165, 1.54) is 0 Å². The maximum Gasteiger partial charge on any atom is 0.268 e. The second-order valence-electron chi connectivity index (χ2n) is 7.75. The van der Waals surface area contributed by atoms with Gasteiger partial charge >= 0.3 is 0 Å². The van der Waals surface area contributed by atoms with E-state index in [2.05, 4.69) is 20.4 Å². The fraction of sp³-hybridized carbons (Fsp3) is 0.476. The van der Waals surface area contributed by atoms with Crippen LogP contribution in [0.2, 0.25) is 0 Å². The maximum absolute atomic E-state index is 13.1. The number of aromatic amines is 1. The first-order chi connectivity index (χ1) is 14.5. The molecule has 1 unspecified atom stereocenters. The van der Waals surface area contributed by atoms with Crippen LogP contribution in [0.15, 0.2) is 16.7 Å². The van der Waals surface area contributed by atoms with Gasteiger partial charge in [-0.2, -0.15) is 4.98 Å². The van der Waals surface area contributed by atoms with Crippen LogP contribution in [-0.2, 0) is 0 Å². The average molecular weight is 414 g/mol. The maximum atomic E-state index is 13.1. The number of carbonyl (C=O) groups is 1. The van der Waals surface area contributed by atoms with Crippen LogP contribution in [-0.4, -0.2) is 42.4 Å². The van der Waals surface area contributed by atoms with Crippen LogP contribution in [0.3, 0.4) is 0 Å². The molecule has 2 aromatic heterocycles. The summed E-state index contributed by atoms with van der Waals surface area (Å²) in [5.74, 6) is 2.88. The summed E-state index contributed by atoms with van der Waals surface area (Å²) < 4.78 is 21.8. The van der Waals surface area contributed by atoms with Gasteiger partial charge in [-0.25, -0.2) is 0 Å². The molecule has 2 heterocycles. The Labute approximate surface area is 174 Å². The molecule has 9 heteroatoms. The Balaban J connectivity index is 1.65. The average Bonchev–Trinajstić information content (AvgIpc) is 3.30. The van der Waals surface area contributed by atoms with Crippen molar-refractivity contribution in [1.82, 2.24) is 20.4 Å². The van der Waals surface area contributed by atoms with E-state index in [9.17, 15) is 4.79 Å². The number of ether oxygens (including phenoxy) is 3. The normalized spacial score (nSPS) is 14.7. The van der Waals surface area contributed by atoms with Gasteiger partial charge in [-0.15, -0.1) is 0 Å². The van der Waals surface area contributed by atoms with Gasteiger partial charge in [-0.05, 0) is 24.8 Å². The van der Waals surface area contributed by atoms with Crippen molar-refractivity contribution in [2.75, 3.05) is 21.3 Å². The highest BCUT2D eigenvalue weighted by Crippen LogP contribution is 2.41. The lowest BCUT2D eigenvalue weighted by Crippen LogP contribution is -2.32. The van der Waals surface area contributed by atoms with E-state index < -0.39 is 6.04 Å². The number of fused-ring (bicyclic) bond motifs is 1. The molecule has 1 saturated carbocycles. The van der Waals surface area contributed by atoms with E-state index in [1.807, 2.05) is 13.8 Å². The number of H-pyrrole nitrogens is 1. The largest absolute Gasteiger partial charge is 0.496 e. The molecule has 1 amide bonds. The van der Waals surface area contributed by atoms with Gasteiger partial charge in [0.15, 0.2) is 17.3 Å². The van der Waals surface area contributed by atoms with Gasteiger partial charge in [-0.3, -0.25) is 4.79 Å². The lowest BCUT2D eigenvalue weighted by atomic mass is 10.0. The quantitative estimate of drug-likeness (QED) is 0.579. The van der Waals surface area contributed by atoms with Crippen LogP contribution in [0.4, 0.5) is 0 Å². The van der Waals surface area contributed by atoms with Crippen molar-refractivity contribution in [3.63, 3.8) is 0 Å². The molecule has 160 valence electrons. The molecule has 9 nitrogen and oxygen atoms in total. The third kappa shape index (κ3) is 3.55. The summed E-state index contributed by atoms with van der Waals surface area (Å²) in [5.41, 5.74) is 0.983. The standard InChI is InChI=1S/C21H26N4O5/c1-10(2)16(21-24-19(25-30-21)11-6-7-11)23-20(26)13-8-12-14(27-3)9-15(28-4)18(29-5)17(12)22-13/h8-11,16,22H,6-7H2,1-5H3,(H,23,26). The minimum absolute atomic E-state index is 0.0648. The third-order valence-corrected chi connectivity index (χ3v) is 5.30. The number of hydrogen-bond donors (Lipinski definition) is 2. The van der Waals surface area contributed by atoms with E-state index in [1.54, 1.807) is 33.5 Å². The van der Waals surface area contributed by atoms with E-state index in [-0.39, 0.29) is 11.8 Å². The van der Waals surface area contributed by atoms with Crippen molar-refractivity contribution in [2.45, 2.75) is 38.6 Å². The molecule has 0 spiro atoms. The van der Waals surface area contributed by atoms with Crippen molar-refractivity contribution in [2.24, 2.45) is 5.92 Å². The fourth-order valence-corrected chi connectivity index (χ4v) is 3.47. The second-order valence-corrected chi connectivity index (χ2v) is 7.75. The highest BCUT2D eigenvalue weighted by atomic mass is 16.5. The predicted octanol–water partition coefficient (Wildman–Crippen LogP) is 3.58. The van der Waals surface area contributed by atoms with Gasteiger partial charge < -0.3 is 29.0 Å². The van der Waals surface area contributed by atoms with Crippen molar-refractivity contribution < 1.29 is 23.5 Å². The lowest BCUT2D eigenvalue weighted by molar-refractivity contribution is 0.0909. The summed E-state index contributed by atoms with van der Waals surface area (Å²) in [4.78, 5) is 20.7. The van der Waals surface area contributed by atoms with Crippen LogP contribution < -0.4 is 19.5 Å². The highest BCUT2D eigenvalue weighted by Gasteiger charge is 2.32. The van der Waals surface area contributed by atoms with Gasteiger partial charge in [0, 0.05) is 17.4 Å². The summed E-state index contributed by atoms with van der Waals surface area (Å²) in [6.07, 6.45) is 2.17. The Hall–Kier alpha value is -3.23. The molecule has 3 aromatic rings. The Morgan fingerprint density at radius 3 is 2.50 bits per heavy atom. The minimum Gasteiger partial charge on any atom is -0.496 e. The zero-order valence-corrected chi connectivity index (χ0v) is 17.7. The Morgan fingerprint density at radius 2 is 1.90 bits per heavy atom. The van der Waals surface area contributed by atoms with Crippen LogP contribution in [0.25, 0.3) is 10.9 Å². The molecule has 0 bridgehead atoms. The number of benzene rings is 1. The van der Waals surface area contributed by atoms with Gasteiger partial charge in [0.2, 0.25) is 5.89 Å². The topological polar surface area (TPSA) is 112 Å². The minimum atomic E-state index is -0.401. The zero-order chi connectivity index (χ0) is 21.4. The second kappa shape index (κ2) is 7.89. The molecule has 1 atom stereocenters. The summed E-state index contributed by atoms with van der Waals surface area (Å²) in [6, 6.07) is 3.06. The number of methoxy groups -OCH3 is 3. The Kier molecular flexibility index (Phi) is 5.27. The number of rotatable bonds is 8. The molecule has 1 aliphatic rings. The smallest absolute Gasteiger partial charge is 0.268 e. The fourth-order valence-electron chi connectivity index (χ4n) is 3.47. The zero-order valence-electron chi connectivity index (χ0n) is 17.7. The molecular weight excluding hydrogens is 388 g/mol. The summed E-state index contributed by atoms with van der Waals surface area (Å²) in [6.45, 7) is 3.99. The van der Waals surface area contributed by atoms with E-state index in [0.717, 1.165) is 24.1 Å². The SMILES string of the molecule is COc1cc(OC)c2cc(C(=O)NC(c3nc(C4CC4)no3)C(C)C)[nH]c2c1OC. The number of amides is 1. The lowest BCUT2D eigenvalue weighted by Gasteiger charge is -2.18. The molecule has 4 rings (SSSR count). The Morgan fingerprint density at radius 1 is 1.17 bits per heavy atom. The summed E-state index contributed by atoms with van der Waals surface area (Å²) in [7, 11) is 4.66. The van der Waals surface area contributed by atoms with E-state index in [0.29, 0.717) is 40.3 Å².